The maximum Gasteiger partial charge on any atom is 0.335 e. The van der Waals surface area contributed by atoms with Crippen LogP contribution in [0.15, 0.2) is 97.2 Å². The van der Waals surface area contributed by atoms with Gasteiger partial charge >= 0.3 is 11.9 Å². The standard InChI is InChI=1S/C99H142N18O24/c1-53(2)45-74(109-62(11)119)91(134)115-80(61(10)118)94(137)113-76(47-63-29-22-21-23-30-63)93(136)117-99(13)44-27-20-18-16-14-15-17-19-26-43-98(12,96(140)108-60(9)86(129)106-58(7)85(128)105-57(6)84(127)104-56(5)82(125)81(124)55(4)102-51-54(3)83(101)126)116-92(135)75(48-64-31-28-32-64)112-89(132)71(39-41-78(100)121)110-87(130)59(8)107-88(131)67(49-68-52-103-70-34-25-24-33-69(68)70)50-77(120)73(46-65-35-37-66(38-36-65)95(138)139)111-90(133)72(114-97(99)141)40-42-79(122)123/h15,17,21-25,29-30,33-38,52-61,64,67,71-76,80,102-103,118H,14,16,18-20,26-28,31-32,39-51H2,1-13H3,(H2,100,121)(H2,101,126)(H,104,127)(H,105,128)(H,106,129)(H,107,131)(H,108,140)(H,109,119)(H,110,130)(H,111,133)(H,112,132)(H,113,137)(H,114,141)(H,115,134)(H,116,135)(H,117,136)(H,122,123)(H,138,139)/t54-,55-,56-,57?,58-,59?,60?,61+,67+,71-,72-,73-,74-,75+,76-,80-,98-,99+/m0/s1. The molecule has 4 aromatic rings. The SMILES string of the molecule is CC(=O)N[C@@H](CC(C)C)C(=O)N[C@H](C(=O)N[C@@H](Cc1ccccc1)C(=O)N[C@]1(C)CCCCCCC=CCCC[C@@](C)(C(=O)NC(C)C(=O)N[C@@H](C)C(=O)NC(C)C(=O)N[C@@H](C)C(=O)C(=O)[C@H](C)NC[C@H](C)C(N)=O)NC(=O)[C@@H](CC2CCC2)NC(=O)[C@H](CCC(N)=O)NC(=O)C(C)NC(=O)[C@H](Cc2c[nH]c3ccccc23)CC(=O)[C@H](Cc2ccc(C(=O)O)cc2)NC(=O)[C@H](CCC(=O)O)NC1=O)[C@@H](C)O. The van der Waals surface area contributed by atoms with Gasteiger partial charge in [0.25, 0.3) is 0 Å². The molecule has 772 valence electrons. The lowest BCUT2D eigenvalue weighted by atomic mass is 9.80. The Bertz CT molecular complexity index is 5140. The van der Waals surface area contributed by atoms with Crippen molar-refractivity contribution in [2.24, 2.45) is 35.1 Å². The molecule has 42 heteroatoms. The molecular formula is C99H142N18O24. The minimum Gasteiger partial charge on any atom is -0.481 e. The number of ketones is 3. The van der Waals surface area contributed by atoms with E-state index in [9.17, 15) is 82.4 Å². The number of H-pyrrole nitrogens is 1. The van der Waals surface area contributed by atoms with E-state index in [-0.39, 0.29) is 87.3 Å². The molecule has 1 aliphatic heterocycles. The second-order valence-electron chi connectivity index (χ2n) is 37.9. The number of aliphatic carboxylic acids is 1. The summed E-state index contributed by atoms with van der Waals surface area (Å²) >= 11 is 0. The highest BCUT2D eigenvalue weighted by molar-refractivity contribution is 6.41. The van der Waals surface area contributed by atoms with Crippen LogP contribution in [-0.4, -0.2) is 246 Å². The van der Waals surface area contributed by atoms with Gasteiger partial charge in [-0.25, -0.2) is 4.79 Å². The summed E-state index contributed by atoms with van der Waals surface area (Å²) in [5.74, 6) is -22.5. The van der Waals surface area contributed by atoms with E-state index < -0.39 is 270 Å². The number of primary amides is 2. The van der Waals surface area contributed by atoms with E-state index in [4.69, 9.17) is 11.5 Å². The number of nitrogens with two attached hydrogens (primary N) is 2. The second kappa shape index (κ2) is 55.9. The normalized spacial score (nSPS) is 22.1. The summed E-state index contributed by atoms with van der Waals surface area (Å²) in [7, 11) is 0. The van der Waals surface area contributed by atoms with Crippen molar-refractivity contribution in [3.63, 3.8) is 0 Å². The summed E-state index contributed by atoms with van der Waals surface area (Å²) in [4.78, 5) is 297. The molecule has 16 amide bonds. The minimum atomic E-state index is -2.09. The van der Waals surface area contributed by atoms with Crippen LogP contribution in [0.4, 0.5) is 0 Å². The molecule has 23 N–H and O–H groups in total. The molecule has 0 radical (unpaired) electrons. The summed E-state index contributed by atoms with van der Waals surface area (Å²) in [5, 5.41) is 71.2. The number of aromatic carboxylic acids is 1. The lowest BCUT2D eigenvalue weighted by Crippen LogP contribution is -2.65. The number of Topliss-reactive ketones (excluding diaryl/α,β-unsaturated/α-hetero) is 3. The molecule has 3 unspecified atom stereocenters. The predicted molar refractivity (Wildman–Crippen MR) is 518 cm³/mol. The molecule has 3 aromatic carbocycles. The van der Waals surface area contributed by atoms with Crippen molar-refractivity contribution in [1.29, 1.82) is 0 Å². The van der Waals surface area contributed by atoms with Gasteiger partial charge < -0.3 is 112 Å². The highest BCUT2D eigenvalue weighted by Gasteiger charge is 2.45. The van der Waals surface area contributed by atoms with Crippen molar-refractivity contribution in [2.45, 2.75) is 327 Å². The molecule has 0 saturated heterocycles. The first-order chi connectivity index (χ1) is 66.4. The third kappa shape index (κ3) is 37.8. The van der Waals surface area contributed by atoms with E-state index in [1.165, 1.54) is 100 Å². The van der Waals surface area contributed by atoms with E-state index in [0.717, 1.165) is 6.42 Å². The minimum absolute atomic E-state index is 0.000365. The Morgan fingerprint density at radius 3 is 1.67 bits per heavy atom. The van der Waals surface area contributed by atoms with E-state index in [1.54, 1.807) is 74.6 Å². The smallest absolute Gasteiger partial charge is 0.335 e. The molecule has 0 bridgehead atoms. The molecule has 141 heavy (non-hydrogen) atoms. The van der Waals surface area contributed by atoms with Crippen LogP contribution in [0.3, 0.4) is 0 Å². The first-order valence-electron chi connectivity index (χ1n) is 48.0. The number of aromatic amines is 1. The van der Waals surface area contributed by atoms with Crippen molar-refractivity contribution in [3.8, 4) is 0 Å². The zero-order valence-electron chi connectivity index (χ0n) is 82.5. The van der Waals surface area contributed by atoms with Crippen molar-refractivity contribution in [1.82, 2.24) is 84.7 Å². The Morgan fingerprint density at radius 1 is 0.518 bits per heavy atom. The molecule has 1 aliphatic carbocycles. The average molecular weight is 1970 g/mol. The van der Waals surface area contributed by atoms with Crippen LogP contribution in [0.1, 0.15) is 239 Å². The molecule has 18 atom stereocenters. The fourth-order valence-corrected chi connectivity index (χ4v) is 16.0. The Balaban J connectivity index is 1.40. The molecule has 0 spiro atoms. The number of aliphatic hydroxyl groups is 1. The van der Waals surface area contributed by atoms with Crippen molar-refractivity contribution >= 4 is 135 Å². The molecule has 2 heterocycles. The van der Waals surface area contributed by atoms with Crippen LogP contribution in [0.5, 0.6) is 0 Å². The number of rotatable bonds is 40. The number of carbonyl (C=O) groups excluding carboxylic acids is 19. The summed E-state index contributed by atoms with van der Waals surface area (Å²) < 4.78 is 0. The number of hydrogen-bond acceptors (Lipinski definition) is 23. The molecule has 6 rings (SSSR count). The Morgan fingerprint density at radius 2 is 1.09 bits per heavy atom. The van der Waals surface area contributed by atoms with E-state index in [0.29, 0.717) is 60.6 Å². The van der Waals surface area contributed by atoms with Crippen LogP contribution in [0, 0.1) is 23.7 Å². The third-order valence-electron chi connectivity index (χ3n) is 25.1. The number of allylic oxidation sites excluding steroid dienone is 2. The Hall–Kier alpha value is -13.7. The molecule has 1 saturated carbocycles. The van der Waals surface area contributed by atoms with Crippen LogP contribution in [-0.2, 0) is 115 Å². The zero-order valence-corrected chi connectivity index (χ0v) is 82.5. The lowest BCUT2D eigenvalue weighted by Gasteiger charge is -2.35. The number of carboxylic acids is 2. The summed E-state index contributed by atoms with van der Waals surface area (Å²) in [6.07, 6.45) is 3.84. The monoisotopic (exact) mass is 1970 g/mol. The van der Waals surface area contributed by atoms with Crippen molar-refractivity contribution in [3.05, 3.63) is 119 Å². The Kier molecular flexibility index (Phi) is 46.0. The van der Waals surface area contributed by atoms with E-state index in [2.05, 4.69) is 84.7 Å². The fraction of sp³-hybridized carbons (Fsp3) is 0.566. The quantitative estimate of drug-likeness (QED) is 0.0220. The number of para-hydroxylation sites is 1. The van der Waals surface area contributed by atoms with Gasteiger partial charge in [-0.05, 0) is 186 Å². The second-order valence-corrected chi connectivity index (χ2v) is 37.9. The topological polar surface area (TPSA) is 667 Å². The summed E-state index contributed by atoms with van der Waals surface area (Å²) in [6, 6.07) is 1.13. The highest BCUT2D eigenvalue weighted by Crippen LogP contribution is 2.32. The van der Waals surface area contributed by atoms with Crippen LogP contribution < -0.4 is 91.2 Å². The van der Waals surface area contributed by atoms with Gasteiger partial charge in [-0.15, -0.1) is 0 Å². The summed E-state index contributed by atoms with van der Waals surface area (Å²) in [6.45, 7) is 18.0. The Labute approximate surface area is 819 Å². The first-order valence-corrected chi connectivity index (χ1v) is 48.0. The number of carboxylic acid groups (broad SMARTS) is 2. The number of hydrogen-bond donors (Lipinski definition) is 21. The number of benzene rings is 3. The van der Waals surface area contributed by atoms with Gasteiger partial charge in [-0.3, -0.25) is 95.9 Å². The van der Waals surface area contributed by atoms with Crippen LogP contribution >= 0.6 is 0 Å². The van der Waals surface area contributed by atoms with Gasteiger partial charge in [0.05, 0.1) is 29.8 Å². The largest absolute Gasteiger partial charge is 0.481 e. The summed E-state index contributed by atoms with van der Waals surface area (Å²) in [5.41, 5.74) is 8.62. The van der Waals surface area contributed by atoms with Gasteiger partial charge in [0.15, 0.2) is 5.78 Å². The van der Waals surface area contributed by atoms with Crippen molar-refractivity contribution in [2.75, 3.05) is 6.54 Å². The van der Waals surface area contributed by atoms with Gasteiger partial charge in [0.2, 0.25) is 106 Å². The number of aromatic nitrogens is 1. The number of carbonyl (C=O) groups is 21. The van der Waals surface area contributed by atoms with Gasteiger partial charge in [-0.2, -0.15) is 0 Å². The number of nitrogens with one attached hydrogen (secondary N) is 16. The average Bonchev–Trinajstić information content (AvgIpc) is 1.37. The molecule has 1 fully saturated rings. The van der Waals surface area contributed by atoms with Crippen LogP contribution in [0.2, 0.25) is 0 Å². The highest BCUT2D eigenvalue weighted by atomic mass is 16.4. The first kappa shape index (κ1) is 116. The number of aliphatic hydroxyl groups excluding tert-OH is 1. The molecule has 42 nitrogen and oxygen atoms in total. The zero-order chi connectivity index (χ0) is 105. The predicted octanol–water partition coefficient (Wildman–Crippen LogP) is 1.22. The van der Waals surface area contributed by atoms with Gasteiger partial charge in [-0.1, -0.05) is 132 Å². The molecule has 2 aliphatic rings. The fourth-order valence-electron chi connectivity index (χ4n) is 16.0. The van der Waals surface area contributed by atoms with Crippen LogP contribution in [0.25, 0.3) is 10.9 Å². The van der Waals surface area contributed by atoms with Gasteiger partial charge in [0.1, 0.15) is 71.5 Å². The van der Waals surface area contributed by atoms with E-state index in [1.807, 2.05) is 12.2 Å². The molecule has 1 aromatic heterocycles. The van der Waals surface area contributed by atoms with Gasteiger partial charge in [0, 0.05) is 68.1 Å². The third-order valence-corrected chi connectivity index (χ3v) is 25.1. The maximum absolute atomic E-state index is 15.6. The molecular weight excluding hydrogens is 1830 g/mol. The van der Waals surface area contributed by atoms with Crippen molar-refractivity contribution < 1.29 is 116 Å². The maximum atomic E-state index is 15.6. The number of fused-ring (bicyclic) bond motifs is 1. The lowest BCUT2D eigenvalue weighted by molar-refractivity contribution is -0.140. The van der Waals surface area contributed by atoms with E-state index >= 15 is 33.6 Å². The number of amides is 16.